The van der Waals surface area contributed by atoms with Gasteiger partial charge >= 0.3 is 6.36 Å². The molecule has 0 aliphatic heterocycles. The Morgan fingerprint density at radius 1 is 0.844 bits per heavy atom. The summed E-state index contributed by atoms with van der Waals surface area (Å²) in [5, 5.41) is 0.528. The molecule has 1 heterocycles. The summed E-state index contributed by atoms with van der Waals surface area (Å²) in [5.41, 5.74) is 13.7. The van der Waals surface area contributed by atoms with E-state index in [9.17, 15) is 17.6 Å². The Morgan fingerprint density at radius 2 is 1.53 bits per heavy atom. The number of nitrogens with two attached hydrogens (primary N) is 2. The molecule has 4 N–H and O–H groups in total. The van der Waals surface area contributed by atoms with Gasteiger partial charge in [-0.2, -0.15) is 4.98 Å². The van der Waals surface area contributed by atoms with Crippen molar-refractivity contribution in [1.29, 1.82) is 0 Å². The molecular formula is C22H16F4N4O2. The van der Waals surface area contributed by atoms with E-state index in [4.69, 9.17) is 16.2 Å². The first-order chi connectivity index (χ1) is 15.1. The third-order valence-corrected chi connectivity index (χ3v) is 4.64. The number of hydrogen-bond donors (Lipinski definition) is 2. The van der Waals surface area contributed by atoms with Crippen LogP contribution in [-0.2, 0) is 0 Å². The summed E-state index contributed by atoms with van der Waals surface area (Å²) < 4.78 is 61.6. The normalized spacial score (nSPS) is 11.5. The SMILES string of the molecule is Cc1c(-c2cc(Oc3ccc(F)cc3)cc(OC(F)(F)F)c2)ccc2nc(N)nc(N)c12. The number of nitrogens with zero attached hydrogens (tertiary/aromatic N) is 2. The quantitative estimate of drug-likeness (QED) is 0.398. The van der Waals surface area contributed by atoms with E-state index in [1.165, 1.54) is 36.4 Å². The lowest BCUT2D eigenvalue weighted by Gasteiger charge is -2.16. The third-order valence-electron chi connectivity index (χ3n) is 4.64. The zero-order valence-electron chi connectivity index (χ0n) is 16.6. The fourth-order valence-electron chi connectivity index (χ4n) is 3.37. The number of rotatable bonds is 4. The van der Waals surface area contributed by atoms with Crippen molar-refractivity contribution < 1.29 is 27.0 Å². The predicted octanol–water partition coefficient (Wildman–Crippen LogP) is 5.60. The van der Waals surface area contributed by atoms with Crippen LogP contribution in [0.2, 0.25) is 0 Å². The van der Waals surface area contributed by atoms with Crippen molar-refractivity contribution in [2.75, 3.05) is 11.5 Å². The molecule has 4 rings (SSSR count). The van der Waals surface area contributed by atoms with Crippen LogP contribution in [0.1, 0.15) is 5.56 Å². The Labute approximate surface area is 179 Å². The van der Waals surface area contributed by atoms with E-state index in [1.807, 2.05) is 0 Å². The van der Waals surface area contributed by atoms with E-state index in [-0.39, 0.29) is 23.3 Å². The molecule has 0 saturated carbocycles. The van der Waals surface area contributed by atoms with Gasteiger partial charge < -0.3 is 20.9 Å². The second-order valence-corrected chi connectivity index (χ2v) is 6.90. The van der Waals surface area contributed by atoms with Crippen LogP contribution in [0, 0.1) is 12.7 Å². The van der Waals surface area contributed by atoms with Crippen LogP contribution in [0.15, 0.2) is 54.6 Å². The molecule has 164 valence electrons. The zero-order valence-corrected chi connectivity index (χ0v) is 16.6. The lowest BCUT2D eigenvalue weighted by Crippen LogP contribution is -2.17. The van der Waals surface area contributed by atoms with Crippen molar-refractivity contribution in [2.45, 2.75) is 13.3 Å². The van der Waals surface area contributed by atoms with Crippen LogP contribution in [0.4, 0.5) is 29.3 Å². The Balaban J connectivity index is 1.84. The summed E-state index contributed by atoms with van der Waals surface area (Å²) in [7, 11) is 0. The standard InChI is InChI=1S/C22H16F4N4O2/c1-11-17(6-7-18-19(11)20(27)30-21(28)29-18)12-8-15(10-16(9-12)32-22(24,25)26)31-14-4-2-13(23)3-5-14/h2-10H,1H3,(H4,27,28,29,30). The number of benzene rings is 3. The molecule has 0 fully saturated rings. The van der Waals surface area contributed by atoms with Crippen molar-refractivity contribution >= 4 is 22.7 Å². The molecule has 32 heavy (non-hydrogen) atoms. The molecule has 0 aliphatic rings. The molecule has 3 aromatic carbocycles. The van der Waals surface area contributed by atoms with Gasteiger partial charge in [0.15, 0.2) is 0 Å². The molecule has 0 radical (unpaired) electrons. The van der Waals surface area contributed by atoms with Crippen LogP contribution < -0.4 is 20.9 Å². The van der Waals surface area contributed by atoms with Crippen molar-refractivity contribution in [2.24, 2.45) is 0 Å². The minimum atomic E-state index is -4.90. The number of anilines is 2. The Morgan fingerprint density at radius 3 is 2.22 bits per heavy atom. The molecule has 6 nitrogen and oxygen atoms in total. The van der Waals surface area contributed by atoms with E-state index >= 15 is 0 Å². The molecule has 0 aliphatic carbocycles. The fraction of sp³-hybridized carbons (Fsp3) is 0.0909. The molecule has 0 amide bonds. The van der Waals surface area contributed by atoms with E-state index in [1.54, 1.807) is 19.1 Å². The van der Waals surface area contributed by atoms with E-state index < -0.39 is 17.9 Å². The number of alkyl halides is 3. The minimum absolute atomic E-state index is 0.0118. The highest BCUT2D eigenvalue weighted by molar-refractivity contribution is 5.96. The third kappa shape index (κ3) is 4.48. The summed E-state index contributed by atoms with van der Waals surface area (Å²) in [4.78, 5) is 8.10. The summed E-state index contributed by atoms with van der Waals surface area (Å²) in [5.74, 6) is -0.484. The van der Waals surface area contributed by atoms with Gasteiger partial charge in [-0.15, -0.1) is 13.2 Å². The lowest BCUT2D eigenvalue weighted by molar-refractivity contribution is -0.274. The first-order valence-corrected chi connectivity index (χ1v) is 9.26. The lowest BCUT2D eigenvalue weighted by atomic mass is 9.96. The number of aromatic nitrogens is 2. The summed E-state index contributed by atoms with van der Waals surface area (Å²) in [6.45, 7) is 1.74. The monoisotopic (exact) mass is 444 g/mol. The highest BCUT2D eigenvalue weighted by Crippen LogP contribution is 2.38. The summed E-state index contributed by atoms with van der Waals surface area (Å²) in [6, 6.07) is 12.2. The molecule has 10 heteroatoms. The first kappa shape index (κ1) is 21.2. The maximum atomic E-state index is 13.2. The molecular weight excluding hydrogens is 428 g/mol. The van der Waals surface area contributed by atoms with Crippen LogP contribution in [-0.4, -0.2) is 16.3 Å². The average molecular weight is 444 g/mol. The van der Waals surface area contributed by atoms with Crippen molar-refractivity contribution in [3.63, 3.8) is 0 Å². The fourth-order valence-corrected chi connectivity index (χ4v) is 3.37. The Kier molecular flexibility index (Phi) is 5.21. The summed E-state index contributed by atoms with van der Waals surface area (Å²) >= 11 is 0. The number of fused-ring (bicyclic) bond motifs is 1. The number of halogens is 4. The topological polar surface area (TPSA) is 96.3 Å². The van der Waals surface area contributed by atoms with Gasteiger partial charge in [0.2, 0.25) is 5.95 Å². The van der Waals surface area contributed by atoms with Gasteiger partial charge in [0, 0.05) is 11.5 Å². The molecule has 4 aromatic rings. The number of ether oxygens (including phenoxy) is 2. The van der Waals surface area contributed by atoms with E-state index in [0.29, 0.717) is 27.6 Å². The van der Waals surface area contributed by atoms with Crippen LogP contribution in [0.25, 0.3) is 22.0 Å². The van der Waals surface area contributed by atoms with Crippen molar-refractivity contribution in [3.05, 3.63) is 66.0 Å². The highest BCUT2D eigenvalue weighted by Gasteiger charge is 2.31. The predicted molar refractivity (Wildman–Crippen MR) is 112 cm³/mol. The van der Waals surface area contributed by atoms with Gasteiger partial charge in [0.05, 0.1) is 5.52 Å². The van der Waals surface area contributed by atoms with Crippen LogP contribution in [0.3, 0.4) is 0 Å². The second-order valence-electron chi connectivity index (χ2n) is 6.90. The molecule has 0 spiro atoms. The Hall–Kier alpha value is -4.08. The zero-order chi connectivity index (χ0) is 23.0. The van der Waals surface area contributed by atoms with Gasteiger partial charge in [-0.3, -0.25) is 0 Å². The molecule has 0 atom stereocenters. The smallest absolute Gasteiger partial charge is 0.457 e. The van der Waals surface area contributed by atoms with Crippen LogP contribution >= 0.6 is 0 Å². The van der Waals surface area contributed by atoms with Gasteiger partial charge in [0.1, 0.15) is 28.9 Å². The minimum Gasteiger partial charge on any atom is -0.457 e. The van der Waals surface area contributed by atoms with Crippen LogP contribution in [0.5, 0.6) is 17.2 Å². The average Bonchev–Trinajstić information content (AvgIpc) is 2.68. The first-order valence-electron chi connectivity index (χ1n) is 9.26. The van der Waals surface area contributed by atoms with Gasteiger partial charge in [0.25, 0.3) is 0 Å². The number of nitrogen functional groups attached to an aromatic ring is 2. The highest BCUT2D eigenvalue weighted by atomic mass is 19.4. The van der Waals surface area contributed by atoms with Crippen molar-refractivity contribution in [3.8, 4) is 28.4 Å². The largest absolute Gasteiger partial charge is 0.573 e. The molecule has 0 unspecified atom stereocenters. The van der Waals surface area contributed by atoms with E-state index in [2.05, 4.69) is 14.7 Å². The number of hydrogen-bond acceptors (Lipinski definition) is 6. The van der Waals surface area contributed by atoms with E-state index in [0.717, 1.165) is 6.07 Å². The van der Waals surface area contributed by atoms with Gasteiger partial charge in [-0.1, -0.05) is 6.07 Å². The van der Waals surface area contributed by atoms with Gasteiger partial charge in [-0.25, -0.2) is 9.37 Å². The molecule has 1 aromatic heterocycles. The van der Waals surface area contributed by atoms with Gasteiger partial charge in [-0.05, 0) is 66.1 Å². The second kappa shape index (κ2) is 7.88. The Bertz CT molecular complexity index is 1310. The molecule has 0 bridgehead atoms. The molecule has 0 saturated heterocycles. The maximum absolute atomic E-state index is 13.2. The van der Waals surface area contributed by atoms with Crippen molar-refractivity contribution in [1.82, 2.24) is 9.97 Å². The number of aryl methyl sites for hydroxylation is 1. The maximum Gasteiger partial charge on any atom is 0.573 e. The summed E-state index contributed by atoms with van der Waals surface area (Å²) in [6.07, 6.45) is -4.90.